The molecule has 20 heavy (non-hydrogen) atoms. The van der Waals surface area contributed by atoms with Gasteiger partial charge in [0.05, 0.1) is 13.0 Å². The van der Waals surface area contributed by atoms with Crippen molar-refractivity contribution in [3.8, 4) is 5.88 Å². The molecule has 1 aliphatic heterocycles. The third-order valence-electron chi connectivity index (χ3n) is 3.47. The van der Waals surface area contributed by atoms with Crippen molar-refractivity contribution in [2.75, 3.05) is 32.2 Å². The van der Waals surface area contributed by atoms with E-state index in [1.807, 2.05) is 0 Å². The maximum atomic E-state index is 11.4. The van der Waals surface area contributed by atoms with Crippen LogP contribution in [0.5, 0.6) is 5.88 Å². The van der Waals surface area contributed by atoms with E-state index in [1.54, 1.807) is 12.3 Å². The molecule has 1 aromatic rings. The van der Waals surface area contributed by atoms with E-state index in [0.717, 1.165) is 12.8 Å². The van der Waals surface area contributed by atoms with Crippen molar-refractivity contribution in [2.24, 2.45) is 11.8 Å². The number of nitrogens with one attached hydrogen (secondary N) is 1. The number of nitrogens with zero attached hydrogens (tertiary/aromatic N) is 2. The van der Waals surface area contributed by atoms with Gasteiger partial charge in [0, 0.05) is 32.0 Å². The fourth-order valence-electron chi connectivity index (χ4n) is 2.32. The Morgan fingerprint density at radius 2 is 2.35 bits per heavy atom. The van der Waals surface area contributed by atoms with Crippen LogP contribution in [0.15, 0.2) is 12.3 Å². The average molecular weight is 281 g/mol. The standard InChI is InChI=1S/C13H19N3O4/c1-19-11-2-5-14-13(16-11)15-8-10(12(17)18)9-3-6-20-7-4-9/h2,5,9-10H,3-4,6-8H2,1H3,(H,17,18)(H,14,15,16). The summed E-state index contributed by atoms with van der Waals surface area (Å²) in [4.78, 5) is 19.5. The van der Waals surface area contributed by atoms with Gasteiger partial charge in [-0.3, -0.25) is 4.79 Å². The third-order valence-corrected chi connectivity index (χ3v) is 3.47. The van der Waals surface area contributed by atoms with Gasteiger partial charge in [-0.15, -0.1) is 0 Å². The van der Waals surface area contributed by atoms with Crippen LogP contribution >= 0.6 is 0 Å². The van der Waals surface area contributed by atoms with E-state index in [-0.39, 0.29) is 5.92 Å². The monoisotopic (exact) mass is 281 g/mol. The van der Waals surface area contributed by atoms with Crippen LogP contribution in [0.25, 0.3) is 0 Å². The first-order valence-corrected chi connectivity index (χ1v) is 6.62. The molecule has 110 valence electrons. The minimum Gasteiger partial charge on any atom is -0.481 e. The zero-order chi connectivity index (χ0) is 14.4. The number of anilines is 1. The Balaban J connectivity index is 1.95. The molecule has 1 atom stereocenters. The molecule has 0 saturated carbocycles. The molecule has 7 heteroatoms. The number of methoxy groups -OCH3 is 1. The summed E-state index contributed by atoms with van der Waals surface area (Å²) in [5.41, 5.74) is 0. The Hall–Kier alpha value is -1.89. The van der Waals surface area contributed by atoms with Gasteiger partial charge in [0.25, 0.3) is 0 Å². The fraction of sp³-hybridized carbons (Fsp3) is 0.615. The van der Waals surface area contributed by atoms with E-state index in [9.17, 15) is 9.90 Å². The number of ether oxygens (including phenoxy) is 2. The third kappa shape index (κ3) is 3.80. The Bertz CT molecular complexity index is 449. The second-order valence-electron chi connectivity index (χ2n) is 4.70. The minimum atomic E-state index is -0.799. The molecule has 0 spiro atoms. The van der Waals surface area contributed by atoms with Crippen molar-refractivity contribution in [3.63, 3.8) is 0 Å². The number of carboxylic acid groups (broad SMARTS) is 1. The van der Waals surface area contributed by atoms with E-state index in [0.29, 0.717) is 31.6 Å². The number of aromatic nitrogens is 2. The molecule has 0 radical (unpaired) electrons. The van der Waals surface area contributed by atoms with Crippen LogP contribution in [-0.2, 0) is 9.53 Å². The smallest absolute Gasteiger partial charge is 0.308 e. The predicted octanol–water partition coefficient (Wildman–Crippen LogP) is 1.02. The molecule has 1 aliphatic rings. The van der Waals surface area contributed by atoms with Gasteiger partial charge in [-0.25, -0.2) is 4.98 Å². The fourth-order valence-corrected chi connectivity index (χ4v) is 2.32. The Labute approximate surface area is 117 Å². The highest BCUT2D eigenvalue weighted by Crippen LogP contribution is 2.24. The van der Waals surface area contributed by atoms with Crippen molar-refractivity contribution in [1.82, 2.24) is 9.97 Å². The largest absolute Gasteiger partial charge is 0.481 e. The van der Waals surface area contributed by atoms with E-state index in [4.69, 9.17) is 9.47 Å². The molecule has 1 fully saturated rings. The van der Waals surface area contributed by atoms with E-state index in [2.05, 4.69) is 15.3 Å². The summed E-state index contributed by atoms with van der Waals surface area (Å²) in [5, 5.41) is 12.3. The average Bonchev–Trinajstić information content (AvgIpc) is 2.48. The number of hydrogen-bond acceptors (Lipinski definition) is 6. The van der Waals surface area contributed by atoms with Crippen LogP contribution in [0, 0.1) is 11.8 Å². The molecule has 2 heterocycles. The molecular formula is C13H19N3O4. The first kappa shape index (κ1) is 14.5. The second kappa shape index (κ2) is 7.04. The van der Waals surface area contributed by atoms with Crippen molar-refractivity contribution in [1.29, 1.82) is 0 Å². The number of carboxylic acids is 1. The first-order chi connectivity index (χ1) is 9.70. The topological polar surface area (TPSA) is 93.6 Å². The Morgan fingerprint density at radius 3 is 3.00 bits per heavy atom. The zero-order valence-corrected chi connectivity index (χ0v) is 11.4. The van der Waals surface area contributed by atoms with Gasteiger partial charge < -0.3 is 19.9 Å². The SMILES string of the molecule is COc1ccnc(NCC(C(=O)O)C2CCOCC2)n1. The van der Waals surface area contributed by atoms with Gasteiger partial charge in [0.2, 0.25) is 11.8 Å². The molecule has 0 bridgehead atoms. The lowest BCUT2D eigenvalue weighted by Crippen LogP contribution is -2.34. The minimum absolute atomic E-state index is 0.124. The summed E-state index contributed by atoms with van der Waals surface area (Å²) >= 11 is 0. The van der Waals surface area contributed by atoms with Crippen LogP contribution in [0.2, 0.25) is 0 Å². The van der Waals surface area contributed by atoms with Gasteiger partial charge >= 0.3 is 5.97 Å². The lowest BCUT2D eigenvalue weighted by atomic mass is 9.86. The lowest BCUT2D eigenvalue weighted by molar-refractivity contribution is -0.144. The quantitative estimate of drug-likeness (QED) is 0.804. The summed E-state index contributed by atoms with van der Waals surface area (Å²) in [5.74, 6) is -0.316. The summed E-state index contributed by atoms with van der Waals surface area (Å²) < 4.78 is 10.3. The maximum absolute atomic E-state index is 11.4. The Kier molecular flexibility index (Phi) is 5.11. The predicted molar refractivity (Wildman–Crippen MR) is 71.7 cm³/mol. The molecule has 0 amide bonds. The number of hydrogen-bond donors (Lipinski definition) is 2. The molecule has 0 aliphatic carbocycles. The van der Waals surface area contributed by atoms with Crippen molar-refractivity contribution in [3.05, 3.63) is 12.3 Å². The van der Waals surface area contributed by atoms with Crippen LogP contribution in [-0.4, -0.2) is 47.9 Å². The van der Waals surface area contributed by atoms with Gasteiger partial charge in [-0.05, 0) is 18.8 Å². The van der Waals surface area contributed by atoms with Gasteiger partial charge in [-0.2, -0.15) is 4.98 Å². The molecule has 7 nitrogen and oxygen atoms in total. The molecule has 2 N–H and O–H groups in total. The highest BCUT2D eigenvalue weighted by Gasteiger charge is 2.29. The van der Waals surface area contributed by atoms with Crippen molar-refractivity contribution >= 4 is 11.9 Å². The van der Waals surface area contributed by atoms with Gasteiger partial charge in [0.1, 0.15) is 0 Å². The van der Waals surface area contributed by atoms with Crippen LogP contribution in [0.3, 0.4) is 0 Å². The summed E-state index contributed by atoms with van der Waals surface area (Å²) in [6.07, 6.45) is 3.12. The van der Waals surface area contributed by atoms with Crippen LogP contribution < -0.4 is 10.1 Å². The van der Waals surface area contributed by atoms with Gasteiger partial charge in [-0.1, -0.05) is 0 Å². The van der Waals surface area contributed by atoms with E-state index < -0.39 is 11.9 Å². The molecule has 2 rings (SSSR count). The molecule has 1 unspecified atom stereocenters. The lowest BCUT2D eigenvalue weighted by Gasteiger charge is -2.27. The van der Waals surface area contributed by atoms with Crippen molar-refractivity contribution in [2.45, 2.75) is 12.8 Å². The van der Waals surface area contributed by atoms with Crippen molar-refractivity contribution < 1.29 is 19.4 Å². The highest BCUT2D eigenvalue weighted by molar-refractivity contribution is 5.71. The molecular weight excluding hydrogens is 262 g/mol. The number of carbonyl (C=O) groups is 1. The summed E-state index contributed by atoms with van der Waals surface area (Å²) in [6, 6.07) is 1.64. The Morgan fingerprint density at radius 1 is 1.60 bits per heavy atom. The molecule has 1 aromatic heterocycles. The maximum Gasteiger partial charge on any atom is 0.308 e. The van der Waals surface area contributed by atoms with E-state index in [1.165, 1.54) is 7.11 Å². The molecule has 1 saturated heterocycles. The number of rotatable bonds is 6. The van der Waals surface area contributed by atoms with Gasteiger partial charge in [0.15, 0.2) is 0 Å². The molecule has 0 aromatic carbocycles. The number of aliphatic carboxylic acids is 1. The first-order valence-electron chi connectivity index (χ1n) is 6.62. The zero-order valence-electron chi connectivity index (χ0n) is 11.4. The van der Waals surface area contributed by atoms with Crippen LogP contribution in [0.4, 0.5) is 5.95 Å². The van der Waals surface area contributed by atoms with Crippen LogP contribution in [0.1, 0.15) is 12.8 Å². The normalized spacial score (nSPS) is 17.4. The van der Waals surface area contributed by atoms with E-state index >= 15 is 0 Å². The highest BCUT2D eigenvalue weighted by atomic mass is 16.5. The second-order valence-corrected chi connectivity index (χ2v) is 4.70. The summed E-state index contributed by atoms with van der Waals surface area (Å²) in [7, 11) is 1.52. The summed E-state index contributed by atoms with van der Waals surface area (Å²) in [6.45, 7) is 1.56.